The fourth-order valence-corrected chi connectivity index (χ4v) is 3.65. The van der Waals surface area contributed by atoms with E-state index >= 15 is 0 Å². The zero-order chi connectivity index (χ0) is 11.8. The molecule has 0 radical (unpaired) electrons. The molecule has 1 aliphatic heterocycles. The molecule has 1 aromatic heterocycles. The average Bonchev–Trinajstić information content (AvgIpc) is 2.77. The Morgan fingerprint density at radius 2 is 2.00 bits per heavy atom. The van der Waals surface area contributed by atoms with Crippen molar-refractivity contribution in [3.8, 4) is 0 Å². The minimum absolute atomic E-state index is 0.501. The molecule has 17 heavy (non-hydrogen) atoms. The predicted molar refractivity (Wildman–Crippen MR) is 73.9 cm³/mol. The van der Waals surface area contributed by atoms with Crippen molar-refractivity contribution in [2.45, 2.75) is 12.5 Å². The van der Waals surface area contributed by atoms with E-state index in [1.807, 2.05) is 23.5 Å². The number of benzene rings is 1. The Hall–Kier alpha value is -0.830. The molecule has 3 heteroatoms. The number of nitrogens with zero attached hydrogens (tertiary/aromatic N) is 1. The normalized spacial score (nSPS) is 20.2. The van der Waals surface area contributed by atoms with Gasteiger partial charge in [0.15, 0.2) is 0 Å². The number of likely N-dealkylation sites (N-methyl/N-ethyl adjacent to an activating group) is 1. The van der Waals surface area contributed by atoms with Crippen molar-refractivity contribution in [1.29, 1.82) is 0 Å². The number of rotatable bonds is 1. The van der Waals surface area contributed by atoms with E-state index in [0.29, 0.717) is 5.92 Å². The van der Waals surface area contributed by atoms with E-state index in [0.717, 1.165) is 18.1 Å². The van der Waals surface area contributed by atoms with Gasteiger partial charge in [-0.05, 0) is 41.8 Å². The van der Waals surface area contributed by atoms with Crippen LogP contribution in [0.15, 0.2) is 35.7 Å². The summed E-state index contributed by atoms with van der Waals surface area (Å²) in [6.07, 6.45) is 0. The van der Waals surface area contributed by atoms with Crippen molar-refractivity contribution in [3.05, 3.63) is 56.7 Å². The molecular formula is C14H14ClNS. The molecule has 1 atom stereocenters. The van der Waals surface area contributed by atoms with Crippen LogP contribution >= 0.6 is 22.9 Å². The van der Waals surface area contributed by atoms with Gasteiger partial charge in [0.1, 0.15) is 0 Å². The van der Waals surface area contributed by atoms with E-state index in [9.17, 15) is 0 Å². The lowest BCUT2D eigenvalue weighted by atomic mass is 9.92. The monoisotopic (exact) mass is 263 g/mol. The standard InChI is InChI=1S/C14H14ClNS/c1-16-8-11-6-7-17-14(11)13(9-16)10-2-4-12(15)5-3-10/h2-7,13H,8-9H2,1H3. The van der Waals surface area contributed by atoms with E-state index in [-0.39, 0.29) is 0 Å². The van der Waals surface area contributed by atoms with Gasteiger partial charge in [0.2, 0.25) is 0 Å². The maximum atomic E-state index is 5.95. The second kappa shape index (κ2) is 4.45. The van der Waals surface area contributed by atoms with Crippen LogP contribution in [0.2, 0.25) is 5.02 Å². The molecule has 0 N–H and O–H groups in total. The largest absolute Gasteiger partial charge is 0.301 e. The molecule has 0 amide bonds. The molecule has 1 aliphatic rings. The minimum Gasteiger partial charge on any atom is -0.301 e. The molecule has 2 heterocycles. The SMILES string of the molecule is CN1Cc2ccsc2C(c2ccc(Cl)cc2)C1. The Bertz CT molecular complexity index is 517. The van der Waals surface area contributed by atoms with Gasteiger partial charge in [-0.25, -0.2) is 0 Å². The topological polar surface area (TPSA) is 3.24 Å². The average molecular weight is 264 g/mol. The highest BCUT2D eigenvalue weighted by Crippen LogP contribution is 2.36. The van der Waals surface area contributed by atoms with Crippen molar-refractivity contribution in [2.75, 3.05) is 13.6 Å². The lowest BCUT2D eigenvalue weighted by Crippen LogP contribution is -2.29. The van der Waals surface area contributed by atoms with Crippen molar-refractivity contribution in [1.82, 2.24) is 4.90 Å². The van der Waals surface area contributed by atoms with Crippen molar-refractivity contribution >= 4 is 22.9 Å². The van der Waals surface area contributed by atoms with Gasteiger partial charge in [-0.1, -0.05) is 23.7 Å². The summed E-state index contributed by atoms with van der Waals surface area (Å²) in [4.78, 5) is 3.90. The number of hydrogen-bond donors (Lipinski definition) is 0. The van der Waals surface area contributed by atoms with Gasteiger partial charge < -0.3 is 4.90 Å². The van der Waals surface area contributed by atoms with E-state index in [2.05, 4.69) is 35.5 Å². The van der Waals surface area contributed by atoms with Gasteiger partial charge in [0, 0.05) is 28.9 Å². The van der Waals surface area contributed by atoms with Gasteiger partial charge in [-0.2, -0.15) is 0 Å². The molecule has 0 spiro atoms. The Kier molecular flexibility index (Phi) is 2.95. The predicted octanol–water partition coefficient (Wildman–Crippen LogP) is 3.98. The second-order valence-corrected chi connectivity index (χ2v) is 6.00. The summed E-state index contributed by atoms with van der Waals surface area (Å²) < 4.78 is 0. The van der Waals surface area contributed by atoms with Crippen LogP contribution in [0, 0.1) is 0 Å². The van der Waals surface area contributed by atoms with Crippen LogP contribution in [0.25, 0.3) is 0 Å². The Labute approximate surface area is 111 Å². The molecule has 0 aliphatic carbocycles. The molecular weight excluding hydrogens is 250 g/mol. The van der Waals surface area contributed by atoms with Crippen molar-refractivity contribution < 1.29 is 0 Å². The molecule has 0 saturated heterocycles. The highest BCUT2D eigenvalue weighted by Gasteiger charge is 2.25. The highest BCUT2D eigenvalue weighted by atomic mass is 35.5. The molecule has 0 saturated carbocycles. The quantitative estimate of drug-likeness (QED) is 0.752. The fraction of sp³-hybridized carbons (Fsp3) is 0.286. The molecule has 1 unspecified atom stereocenters. The fourth-order valence-electron chi connectivity index (χ4n) is 2.49. The first kappa shape index (κ1) is 11.3. The molecule has 88 valence electrons. The van der Waals surface area contributed by atoms with Crippen LogP contribution < -0.4 is 0 Å². The maximum absolute atomic E-state index is 5.95. The van der Waals surface area contributed by atoms with Gasteiger partial charge in [-0.15, -0.1) is 11.3 Å². The molecule has 1 nitrogen and oxygen atoms in total. The summed E-state index contributed by atoms with van der Waals surface area (Å²) in [5.41, 5.74) is 2.84. The van der Waals surface area contributed by atoms with Crippen LogP contribution in [0.4, 0.5) is 0 Å². The lowest BCUT2D eigenvalue weighted by molar-refractivity contribution is 0.298. The summed E-state index contributed by atoms with van der Waals surface area (Å²) >= 11 is 7.83. The van der Waals surface area contributed by atoms with Crippen LogP contribution in [-0.2, 0) is 6.54 Å². The number of fused-ring (bicyclic) bond motifs is 1. The number of hydrogen-bond acceptors (Lipinski definition) is 2. The zero-order valence-corrected chi connectivity index (χ0v) is 11.3. The maximum Gasteiger partial charge on any atom is 0.0406 e. The van der Waals surface area contributed by atoms with E-state index in [4.69, 9.17) is 11.6 Å². The first-order valence-corrected chi connectivity index (χ1v) is 7.00. The molecule has 0 fully saturated rings. The summed E-state index contributed by atoms with van der Waals surface area (Å²) in [5, 5.41) is 3.01. The Morgan fingerprint density at radius 3 is 2.76 bits per heavy atom. The van der Waals surface area contributed by atoms with Gasteiger partial charge in [-0.3, -0.25) is 0 Å². The van der Waals surface area contributed by atoms with Crippen LogP contribution in [0.1, 0.15) is 21.9 Å². The summed E-state index contributed by atoms with van der Waals surface area (Å²) in [6, 6.07) is 10.5. The Balaban J connectivity index is 2.01. The van der Waals surface area contributed by atoms with Crippen molar-refractivity contribution in [3.63, 3.8) is 0 Å². The van der Waals surface area contributed by atoms with Crippen LogP contribution in [-0.4, -0.2) is 18.5 Å². The second-order valence-electron chi connectivity index (χ2n) is 4.61. The molecule has 0 bridgehead atoms. The molecule has 3 rings (SSSR count). The first-order chi connectivity index (χ1) is 8.24. The lowest BCUT2D eigenvalue weighted by Gasteiger charge is -2.30. The van der Waals surface area contributed by atoms with Crippen LogP contribution in [0.5, 0.6) is 0 Å². The van der Waals surface area contributed by atoms with E-state index in [1.165, 1.54) is 16.0 Å². The van der Waals surface area contributed by atoms with Gasteiger partial charge in [0.05, 0.1) is 0 Å². The zero-order valence-electron chi connectivity index (χ0n) is 9.69. The molecule has 1 aromatic carbocycles. The third-order valence-electron chi connectivity index (χ3n) is 3.30. The smallest absolute Gasteiger partial charge is 0.0406 e. The highest BCUT2D eigenvalue weighted by molar-refractivity contribution is 7.10. The van der Waals surface area contributed by atoms with Gasteiger partial charge >= 0.3 is 0 Å². The summed E-state index contributed by atoms with van der Waals surface area (Å²) in [5.74, 6) is 0.501. The number of thiophene rings is 1. The molecule has 2 aromatic rings. The first-order valence-electron chi connectivity index (χ1n) is 5.74. The number of halogens is 1. The Morgan fingerprint density at radius 1 is 1.24 bits per heavy atom. The third-order valence-corrected chi connectivity index (χ3v) is 4.63. The van der Waals surface area contributed by atoms with Crippen molar-refractivity contribution in [2.24, 2.45) is 0 Å². The van der Waals surface area contributed by atoms with E-state index in [1.54, 1.807) is 0 Å². The minimum atomic E-state index is 0.501. The van der Waals surface area contributed by atoms with Crippen LogP contribution in [0.3, 0.4) is 0 Å². The third kappa shape index (κ3) is 2.13. The summed E-state index contributed by atoms with van der Waals surface area (Å²) in [7, 11) is 2.18. The summed E-state index contributed by atoms with van der Waals surface area (Å²) in [6.45, 7) is 2.16. The van der Waals surface area contributed by atoms with Gasteiger partial charge in [0.25, 0.3) is 0 Å². The van der Waals surface area contributed by atoms with E-state index < -0.39 is 0 Å².